The lowest BCUT2D eigenvalue weighted by molar-refractivity contribution is 0.151. The molecule has 0 radical (unpaired) electrons. The summed E-state index contributed by atoms with van der Waals surface area (Å²) in [6, 6.07) is 2.86. The van der Waals surface area contributed by atoms with Gasteiger partial charge in [-0.3, -0.25) is 5.10 Å². The Balaban J connectivity index is 2.02. The Morgan fingerprint density at radius 2 is 2.00 bits per heavy atom. The molecule has 0 saturated carbocycles. The molecule has 0 unspecified atom stereocenters. The highest BCUT2D eigenvalue weighted by molar-refractivity contribution is 7.88. The third-order valence-corrected chi connectivity index (χ3v) is 5.86. The minimum Gasteiger partial charge on any atom is -0.368 e. The third-order valence-electron chi connectivity index (χ3n) is 4.38. The zero-order valence-corrected chi connectivity index (χ0v) is 14.6. The smallest absolute Gasteiger partial charge is 0.264 e. The van der Waals surface area contributed by atoms with E-state index in [0.29, 0.717) is 30.8 Å². The highest BCUT2D eigenvalue weighted by Gasteiger charge is 2.39. The Kier molecular flexibility index (Phi) is 4.03. The van der Waals surface area contributed by atoms with E-state index in [9.17, 15) is 17.2 Å². The van der Waals surface area contributed by atoms with Gasteiger partial charge in [-0.25, -0.2) is 17.2 Å². The van der Waals surface area contributed by atoms with Crippen LogP contribution in [-0.2, 0) is 10.0 Å². The Morgan fingerprint density at radius 3 is 2.58 bits per heavy atom. The van der Waals surface area contributed by atoms with Crippen LogP contribution in [0.4, 0.5) is 14.5 Å². The van der Waals surface area contributed by atoms with Crippen molar-refractivity contribution in [1.82, 2.24) is 14.5 Å². The number of halogens is 2. The van der Waals surface area contributed by atoms with E-state index in [-0.39, 0.29) is 5.56 Å². The van der Waals surface area contributed by atoms with Gasteiger partial charge in [0.2, 0.25) is 10.0 Å². The molecular weight excluding hydrogens is 338 g/mol. The molecule has 1 saturated heterocycles. The molecule has 0 spiro atoms. The molecule has 1 N–H and O–H groups in total. The van der Waals surface area contributed by atoms with Crippen LogP contribution >= 0.6 is 0 Å². The van der Waals surface area contributed by atoms with E-state index in [1.54, 1.807) is 6.20 Å². The Labute approximate surface area is 139 Å². The van der Waals surface area contributed by atoms with Crippen molar-refractivity contribution in [3.63, 3.8) is 0 Å². The number of fused-ring (bicyclic) bond motifs is 1. The molecule has 6 nitrogen and oxygen atoms in total. The summed E-state index contributed by atoms with van der Waals surface area (Å²) in [6.45, 7) is 4.83. The highest BCUT2D eigenvalue weighted by Crippen LogP contribution is 2.35. The van der Waals surface area contributed by atoms with Crippen LogP contribution in [0.5, 0.6) is 0 Å². The van der Waals surface area contributed by atoms with Crippen LogP contribution in [0.1, 0.15) is 25.8 Å². The molecule has 3 rings (SSSR count). The van der Waals surface area contributed by atoms with Crippen molar-refractivity contribution >= 4 is 26.6 Å². The van der Waals surface area contributed by atoms with Crippen LogP contribution in [0.3, 0.4) is 0 Å². The van der Waals surface area contributed by atoms with Crippen molar-refractivity contribution in [3.05, 3.63) is 23.9 Å². The number of anilines is 1. The number of piperazine rings is 1. The summed E-state index contributed by atoms with van der Waals surface area (Å²) in [5.41, 5.74) is 0.483. The molecule has 132 valence electrons. The first-order valence-electron chi connectivity index (χ1n) is 7.57. The molecule has 0 amide bonds. The van der Waals surface area contributed by atoms with E-state index in [4.69, 9.17) is 0 Å². The highest BCUT2D eigenvalue weighted by atomic mass is 32.2. The van der Waals surface area contributed by atoms with Crippen LogP contribution in [0, 0.1) is 0 Å². The molecule has 0 bridgehead atoms. The fourth-order valence-corrected chi connectivity index (χ4v) is 4.77. The van der Waals surface area contributed by atoms with Gasteiger partial charge < -0.3 is 4.90 Å². The zero-order chi connectivity index (χ0) is 17.7. The summed E-state index contributed by atoms with van der Waals surface area (Å²) in [6.07, 6.45) is 0.216. The minimum atomic E-state index is -3.32. The third kappa shape index (κ3) is 2.98. The molecule has 2 aromatic rings. The first-order chi connectivity index (χ1) is 11.1. The van der Waals surface area contributed by atoms with Crippen molar-refractivity contribution in [2.75, 3.05) is 30.8 Å². The molecule has 1 aromatic heterocycles. The summed E-state index contributed by atoms with van der Waals surface area (Å²) in [4.78, 5) is 1.95. The number of nitrogens with one attached hydrogen (secondary N) is 1. The van der Waals surface area contributed by atoms with Crippen LogP contribution in [-0.4, -0.2) is 54.3 Å². The first kappa shape index (κ1) is 17.1. The standard InChI is InChI=1S/C15H20F2N4O2S/c1-15(2)9-20(4-5-21(15)24(3,22)23)13-7-10(14(16)17)6-12-11(13)8-18-19-12/h6-8,14H,4-5,9H2,1-3H3,(H,18,19). The fraction of sp³-hybridized carbons (Fsp3) is 0.533. The SMILES string of the molecule is CC1(C)CN(c2cc(C(F)F)cc3[nH]ncc23)CCN1S(C)(=O)=O. The quantitative estimate of drug-likeness (QED) is 0.915. The summed E-state index contributed by atoms with van der Waals surface area (Å²) < 4.78 is 51.7. The van der Waals surface area contributed by atoms with E-state index in [1.165, 1.54) is 22.7 Å². The normalized spacial score (nSPS) is 19.3. The van der Waals surface area contributed by atoms with E-state index in [1.807, 2.05) is 18.7 Å². The van der Waals surface area contributed by atoms with Crippen molar-refractivity contribution in [3.8, 4) is 0 Å². The van der Waals surface area contributed by atoms with Gasteiger partial charge in [0.15, 0.2) is 0 Å². The van der Waals surface area contributed by atoms with Crippen LogP contribution in [0.2, 0.25) is 0 Å². The van der Waals surface area contributed by atoms with Crippen molar-refractivity contribution in [1.29, 1.82) is 0 Å². The maximum Gasteiger partial charge on any atom is 0.264 e. The molecule has 9 heteroatoms. The fourth-order valence-electron chi connectivity index (χ4n) is 3.40. The number of rotatable bonds is 3. The van der Waals surface area contributed by atoms with Gasteiger partial charge >= 0.3 is 0 Å². The number of aromatic amines is 1. The van der Waals surface area contributed by atoms with Gasteiger partial charge in [0.25, 0.3) is 6.43 Å². The Bertz CT molecular complexity index is 863. The number of H-pyrrole nitrogens is 1. The van der Waals surface area contributed by atoms with E-state index in [2.05, 4.69) is 10.2 Å². The molecule has 1 aromatic carbocycles. The average molecular weight is 358 g/mol. The molecule has 1 fully saturated rings. The zero-order valence-electron chi connectivity index (χ0n) is 13.8. The van der Waals surface area contributed by atoms with Gasteiger partial charge in [0, 0.05) is 41.8 Å². The Morgan fingerprint density at radius 1 is 1.29 bits per heavy atom. The lowest BCUT2D eigenvalue weighted by Crippen LogP contribution is -2.60. The first-order valence-corrected chi connectivity index (χ1v) is 9.42. The molecule has 0 aliphatic carbocycles. The van der Waals surface area contributed by atoms with Crippen molar-refractivity contribution < 1.29 is 17.2 Å². The minimum absolute atomic E-state index is 0.0786. The average Bonchev–Trinajstić information content (AvgIpc) is 2.91. The molecule has 0 atom stereocenters. The molecule has 24 heavy (non-hydrogen) atoms. The predicted molar refractivity (Wildman–Crippen MR) is 88.9 cm³/mol. The van der Waals surface area contributed by atoms with Crippen LogP contribution < -0.4 is 4.90 Å². The molecule has 1 aliphatic heterocycles. The van der Waals surface area contributed by atoms with Crippen LogP contribution in [0.15, 0.2) is 18.3 Å². The summed E-state index contributed by atoms with van der Waals surface area (Å²) in [5.74, 6) is 0. The summed E-state index contributed by atoms with van der Waals surface area (Å²) in [7, 11) is -3.32. The van der Waals surface area contributed by atoms with Gasteiger partial charge in [-0.2, -0.15) is 9.40 Å². The van der Waals surface area contributed by atoms with E-state index in [0.717, 1.165) is 5.39 Å². The van der Waals surface area contributed by atoms with E-state index >= 15 is 0 Å². The Hall–Kier alpha value is -1.74. The van der Waals surface area contributed by atoms with E-state index < -0.39 is 22.0 Å². The number of alkyl halides is 2. The van der Waals surface area contributed by atoms with Crippen molar-refractivity contribution in [2.45, 2.75) is 25.8 Å². The lowest BCUT2D eigenvalue weighted by atomic mass is 10.0. The number of sulfonamides is 1. The number of nitrogens with zero attached hydrogens (tertiary/aromatic N) is 3. The molecule has 1 aliphatic rings. The second kappa shape index (κ2) is 5.66. The number of aromatic nitrogens is 2. The number of hydrogen-bond acceptors (Lipinski definition) is 4. The second-order valence-corrected chi connectivity index (χ2v) is 8.65. The summed E-state index contributed by atoms with van der Waals surface area (Å²) >= 11 is 0. The predicted octanol–water partition coefficient (Wildman–Crippen LogP) is 2.36. The lowest BCUT2D eigenvalue weighted by Gasteiger charge is -2.46. The van der Waals surface area contributed by atoms with Gasteiger partial charge in [0.1, 0.15) is 0 Å². The van der Waals surface area contributed by atoms with Crippen molar-refractivity contribution in [2.24, 2.45) is 0 Å². The van der Waals surface area contributed by atoms with Gasteiger partial charge in [-0.1, -0.05) is 0 Å². The molecular formula is C15H20F2N4O2S. The van der Waals surface area contributed by atoms with Crippen LogP contribution in [0.25, 0.3) is 10.9 Å². The summed E-state index contributed by atoms with van der Waals surface area (Å²) in [5, 5.41) is 7.43. The molecule has 2 heterocycles. The van der Waals surface area contributed by atoms with Gasteiger partial charge in [0.05, 0.1) is 18.0 Å². The number of hydrogen-bond donors (Lipinski definition) is 1. The maximum absolute atomic E-state index is 13.2. The maximum atomic E-state index is 13.2. The largest absolute Gasteiger partial charge is 0.368 e. The van der Waals surface area contributed by atoms with Gasteiger partial charge in [-0.05, 0) is 26.0 Å². The monoisotopic (exact) mass is 358 g/mol. The van der Waals surface area contributed by atoms with Gasteiger partial charge in [-0.15, -0.1) is 0 Å². The second-order valence-electron chi connectivity index (χ2n) is 6.74. The number of benzene rings is 1. The topological polar surface area (TPSA) is 69.3 Å².